The number of carbonyl (C=O) groups excluding carboxylic acids is 4. The van der Waals surface area contributed by atoms with Crippen LogP contribution in [0.1, 0.15) is 60.8 Å². The largest absolute Gasteiger partial charge is 0.481 e. The average molecular weight is 562 g/mol. The predicted molar refractivity (Wildman–Crippen MR) is 138 cm³/mol. The first kappa shape index (κ1) is 35.7. The summed E-state index contributed by atoms with van der Waals surface area (Å²) in [5, 5.41) is 47.4. The minimum absolute atomic E-state index is 0.0610. The maximum absolute atomic E-state index is 13.2. The van der Waals surface area contributed by atoms with E-state index < -0.39 is 90.3 Å². The van der Waals surface area contributed by atoms with Crippen molar-refractivity contribution in [2.24, 2.45) is 17.6 Å². The molecule has 0 aromatic rings. The van der Waals surface area contributed by atoms with Gasteiger partial charge in [-0.15, -0.1) is 0 Å². The molecule has 0 aliphatic carbocycles. The normalized spacial score (nSPS) is 17.4. The van der Waals surface area contributed by atoms with Crippen LogP contribution in [0.5, 0.6) is 0 Å². The van der Waals surface area contributed by atoms with Crippen LogP contribution in [0.3, 0.4) is 0 Å². The lowest BCUT2D eigenvalue weighted by Gasteiger charge is -2.29. The molecule has 0 rings (SSSR count). The van der Waals surface area contributed by atoms with E-state index in [1.54, 1.807) is 27.7 Å². The van der Waals surface area contributed by atoms with Crippen LogP contribution in [-0.2, 0) is 28.8 Å². The highest BCUT2D eigenvalue weighted by atomic mass is 16.4. The van der Waals surface area contributed by atoms with Crippen LogP contribution in [0, 0.1) is 11.8 Å². The Kier molecular flexibility index (Phi) is 15.2. The second kappa shape index (κ2) is 16.6. The molecule has 0 fully saturated rings. The van der Waals surface area contributed by atoms with E-state index in [1.165, 1.54) is 13.8 Å². The topological polar surface area (TPSA) is 257 Å². The van der Waals surface area contributed by atoms with Gasteiger partial charge in [0.2, 0.25) is 23.6 Å². The van der Waals surface area contributed by atoms with Crippen LogP contribution in [0.4, 0.5) is 0 Å². The lowest BCUT2D eigenvalue weighted by atomic mass is 9.96. The third kappa shape index (κ3) is 12.4. The van der Waals surface area contributed by atoms with Crippen molar-refractivity contribution in [3.05, 3.63) is 0 Å². The van der Waals surface area contributed by atoms with Crippen molar-refractivity contribution in [2.75, 3.05) is 0 Å². The van der Waals surface area contributed by atoms with Crippen LogP contribution in [0.25, 0.3) is 0 Å². The van der Waals surface area contributed by atoms with Crippen molar-refractivity contribution < 1.29 is 49.2 Å². The van der Waals surface area contributed by atoms with E-state index in [4.69, 9.17) is 5.73 Å². The van der Waals surface area contributed by atoms with E-state index in [9.17, 15) is 49.2 Å². The van der Waals surface area contributed by atoms with Gasteiger partial charge in [0.05, 0.1) is 18.6 Å². The van der Waals surface area contributed by atoms with E-state index in [1.807, 2.05) is 0 Å². The molecule has 0 saturated heterocycles. The highest BCUT2D eigenvalue weighted by molar-refractivity contribution is 5.96. The number of nitrogens with two attached hydrogens (primary N) is 1. The lowest BCUT2D eigenvalue weighted by molar-refractivity contribution is -0.144. The fourth-order valence-electron chi connectivity index (χ4n) is 3.43. The fourth-order valence-corrected chi connectivity index (χ4v) is 3.43. The van der Waals surface area contributed by atoms with Crippen LogP contribution in [0.15, 0.2) is 0 Å². The van der Waals surface area contributed by atoms with Crippen molar-refractivity contribution in [3.63, 3.8) is 0 Å². The molecule has 0 spiro atoms. The molecule has 0 heterocycles. The molecule has 0 aliphatic heterocycles. The summed E-state index contributed by atoms with van der Waals surface area (Å²) in [6.07, 6.45) is -3.14. The van der Waals surface area contributed by atoms with E-state index in [0.717, 1.165) is 0 Å². The summed E-state index contributed by atoms with van der Waals surface area (Å²) in [5.41, 5.74) is 5.57. The molecule has 15 heteroatoms. The van der Waals surface area contributed by atoms with Crippen LogP contribution in [-0.4, -0.2) is 98.4 Å². The number of aliphatic hydroxyl groups excluding tert-OH is 2. The van der Waals surface area contributed by atoms with Crippen LogP contribution < -0.4 is 27.0 Å². The Morgan fingerprint density at radius 3 is 1.59 bits per heavy atom. The molecule has 15 nitrogen and oxygen atoms in total. The average Bonchev–Trinajstić information content (AvgIpc) is 2.82. The molecule has 0 saturated carbocycles. The van der Waals surface area contributed by atoms with Crippen LogP contribution >= 0.6 is 0 Å². The third-order valence-electron chi connectivity index (χ3n) is 6.01. The van der Waals surface area contributed by atoms with E-state index in [2.05, 4.69) is 21.3 Å². The second-order valence-corrected chi connectivity index (χ2v) is 10.1. The molecule has 8 atom stereocenters. The highest BCUT2D eigenvalue weighted by Gasteiger charge is 2.36. The quantitative estimate of drug-likeness (QED) is 0.0909. The third-order valence-corrected chi connectivity index (χ3v) is 6.01. The Hall–Kier alpha value is -3.30. The van der Waals surface area contributed by atoms with Gasteiger partial charge in [0.15, 0.2) is 0 Å². The van der Waals surface area contributed by atoms with Crippen LogP contribution in [0.2, 0.25) is 0 Å². The first-order chi connectivity index (χ1) is 17.9. The maximum Gasteiger partial charge on any atom is 0.326 e. The van der Waals surface area contributed by atoms with Crippen molar-refractivity contribution >= 4 is 35.6 Å². The van der Waals surface area contributed by atoms with Crippen molar-refractivity contribution in [2.45, 2.75) is 103 Å². The standard InChI is InChI=1S/C24H43N5O10/c1-7-11(4)18(28-23(37)19(13(6)31)29-21(35)17(25)12(5)30)22(36)26-14(9-16(32)33)20(34)27-15(24(38)39)8-10(2)3/h10-15,17-19,30-31H,7-9,25H2,1-6H3,(H,26,36)(H,27,34)(H,28,37)(H,29,35)(H,32,33)(H,38,39)/t11-,12+,13+,14-,15-,17-,18-,19-/m0/s1. The van der Waals surface area contributed by atoms with E-state index in [0.29, 0.717) is 6.42 Å². The van der Waals surface area contributed by atoms with Gasteiger partial charge in [0, 0.05) is 0 Å². The van der Waals surface area contributed by atoms with Gasteiger partial charge in [0.25, 0.3) is 0 Å². The molecule has 224 valence electrons. The number of nitrogens with one attached hydrogen (secondary N) is 4. The Labute approximate surface area is 227 Å². The summed E-state index contributed by atoms with van der Waals surface area (Å²) < 4.78 is 0. The zero-order valence-corrected chi connectivity index (χ0v) is 23.1. The van der Waals surface area contributed by atoms with Crippen molar-refractivity contribution in [1.82, 2.24) is 21.3 Å². The fraction of sp³-hybridized carbons (Fsp3) is 0.750. The summed E-state index contributed by atoms with van der Waals surface area (Å²) >= 11 is 0. The highest BCUT2D eigenvalue weighted by Crippen LogP contribution is 2.11. The minimum atomic E-state index is -1.66. The molecule has 0 aromatic heterocycles. The minimum Gasteiger partial charge on any atom is -0.481 e. The summed E-state index contributed by atoms with van der Waals surface area (Å²) in [4.78, 5) is 74.1. The second-order valence-electron chi connectivity index (χ2n) is 10.1. The Morgan fingerprint density at radius 2 is 1.18 bits per heavy atom. The number of carboxylic acid groups (broad SMARTS) is 2. The monoisotopic (exact) mass is 561 g/mol. The van der Waals surface area contributed by atoms with Crippen molar-refractivity contribution in [1.29, 1.82) is 0 Å². The maximum atomic E-state index is 13.2. The number of rotatable bonds is 17. The van der Waals surface area contributed by atoms with Gasteiger partial charge in [-0.1, -0.05) is 34.1 Å². The zero-order valence-electron chi connectivity index (χ0n) is 23.1. The number of aliphatic carboxylic acids is 2. The Bertz CT molecular complexity index is 879. The summed E-state index contributed by atoms with van der Waals surface area (Å²) in [6, 6.07) is -7.27. The molecule has 4 amide bonds. The van der Waals surface area contributed by atoms with Gasteiger partial charge in [-0.2, -0.15) is 0 Å². The van der Waals surface area contributed by atoms with Gasteiger partial charge in [-0.25, -0.2) is 4.79 Å². The molecule has 0 radical (unpaired) electrons. The number of hydrogen-bond acceptors (Lipinski definition) is 9. The van der Waals surface area contributed by atoms with E-state index >= 15 is 0 Å². The number of amides is 4. The number of carboxylic acids is 2. The zero-order chi connectivity index (χ0) is 30.6. The van der Waals surface area contributed by atoms with Gasteiger partial charge < -0.3 is 47.4 Å². The van der Waals surface area contributed by atoms with E-state index in [-0.39, 0.29) is 12.3 Å². The number of carbonyl (C=O) groups is 6. The number of hydrogen-bond donors (Lipinski definition) is 9. The summed E-state index contributed by atoms with van der Waals surface area (Å²) in [7, 11) is 0. The molecule has 10 N–H and O–H groups in total. The molecule has 0 unspecified atom stereocenters. The summed E-state index contributed by atoms with van der Waals surface area (Å²) in [5.74, 6) is -7.31. The summed E-state index contributed by atoms with van der Waals surface area (Å²) in [6.45, 7) is 9.24. The van der Waals surface area contributed by atoms with Crippen molar-refractivity contribution in [3.8, 4) is 0 Å². The first-order valence-corrected chi connectivity index (χ1v) is 12.7. The molecule has 0 aliphatic rings. The lowest BCUT2D eigenvalue weighted by Crippen LogP contribution is -2.62. The van der Waals surface area contributed by atoms with Gasteiger partial charge in [-0.3, -0.25) is 24.0 Å². The molecular weight excluding hydrogens is 518 g/mol. The Morgan fingerprint density at radius 1 is 0.692 bits per heavy atom. The molecular formula is C24H43N5O10. The SMILES string of the molecule is CC[C@H](C)[C@H](NC(=O)[C@@H](NC(=O)[C@@H](N)[C@@H](C)O)[C@@H](C)O)C(=O)N[C@@H](CC(=O)O)C(=O)N[C@@H](CC(C)C)C(=O)O. The smallest absolute Gasteiger partial charge is 0.326 e. The number of aliphatic hydroxyl groups is 2. The first-order valence-electron chi connectivity index (χ1n) is 12.7. The van der Waals surface area contributed by atoms with Gasteiger partial charge in [0.1, 0.15) is 30.2 Å². The molecule has 0 aromatic carbocycles. The van der Waals surface area contributed by atoms with Gasteiger partial charge >= 0.3 is 11.9 Å². The van der Waals surface area contributed by atoms with Gasteiger partial charge in [-0.05, 0) is 32.1 Å². The molecule has 0 bridgehead atoms. The molecule has 39 heavy (non-hydrogen) atoms. The Balaban J connectivity index is 5.87. The predicted octanol–water partition coefficient (Wildman–Crippen LogP) is -2.33.